The first kappa shape index (κ1) is 13.7. The van der Waals surface area contributed by atoms with Crippen molar-refractivity contribution in [2.24, 2.45) is 5.73 Å². The summed E-state index contributed by atoms with van der Waals surface area (Å²) in [6, 6.07) is 4.41. The first-order valence-corrected chi connectivity index (χ1v) is 5.93. The molecular formula is C14H22N2O. The molecule has 1 rings (SSSR count). The second-order valence-corrected chi connectivity index (χ2v) is 4.83. The summed E-state index contributed by atoms with van der Waals surface area (Å²) < 4.78 is 0. The molecule has 0 aromatic heterocycles. The van der Waals surface area contributed by atoms with Crippen LogP contribution in [0.4, 0.5) is 0 Å². The molecule has 0 aliphatic rings. The van der Waals surface area contributed by atoms with Crippen LogP contribution in [-0.2, 0) is 11.2 Å². The first-order valence-electron chi connectivity index (χ1n) is 5.93. The number of carbonyl (C=O) groups is 1. The number of primary amides is 1. The lowest BCUT2D eigenvalue weighted by Gasteiger charge is -2.17. The van der Waals surface area contributed by atoms with Gasteiger partial charge in [0, 0.05) is 6.54 Å². The quantitative estimate of drug-likeness (QED) is 0.840. The Hall–Kier alpha value is -1.35. The van der Waals surface area contributed by atoms with E-state index in [0.29, 0.717) is 6.54 Å². The molecule has 0 spiro atoms. The predicted molar refractivity (Wildman–Crippen MR) is 71.0 cm³/mol. The number of hydrogen-bond acceptors (Lipinski definition) is 2. The van der Waals surface area contributed by atoms with E-state index in [2.05, 4.69) is 32.9 Å². The minimum atomic E-state index is -0.273. The van der Waals surface area contributed by atoms with Crippen LogP contribution in [0.5, 0.6) is 0 Å². The number of likely N-dealkylation sites (N-methyl/N-ethyl adjacent to an activating group) is 1. The highest BCUT2D eigenvalue weighted by atomic mass is 16.1. The number of nitrogens with zero attached hydrogens (tertiary/aromatic N) is 1. The van der Waals surface area contributed by atoms with Crippen molar-refractivity contribution in [2.45, 2.75) is 27.2 Å². The number of benzene rings is 1. The fraction of sp³-hybridized carbons (Fsp3) is 0.500. The zero-order valence-electron chi connectivity index (χ0n) is 11.2. The van der Waals surface area contributed by atoms with E-state index in [1.54, 1.807) is 0 Å². The number of hydrogen-bond donors (Lipinski definition) is 1. The molecule has 0 unspecified atom stereocenters. The normalized spacial score (nSPS) is 10.9. The number of nitrogens with two attached hydrogens (primary N) is 1. The molecule has 0 saturated heterocycles. The van der Waals surface area contributed by atoms with Crippen LogP contribution >= 0.6 is 0 Å². The van der Waals surface area contributed by atoms with Gasteiger partial charge in [0.2, 0.25) is 5.91 Å². The van der Waals surface area contributed by atoms with Crippen LogP contribution in [0.2, 0.25) is 0 Å². The van der Waals surface area contributed by atoms with Crippen molar-refractivity contribution in [3.63, 3.8) is 0 Å². The van der Waals surface area contributed by atoms with Crippen LogP contribution in [0.1, 0.15) is 22.3 Å². The van der Waals surface area contributed by atoms with E-state index in [-0.39, 0.29) is 5.91 Å². The molecule has 0 aliphatic heterocycles. The van der Waals surface area contributed by atoms with E-state index < -0.39 is 0 Å². The largest absolute Gasteiger partial charge is 0.369 e. The van der Waals surface area contributed by atoms with Crippen LogP contribution in [-0.4, -0.2) is 30.9 Å². The summed E-state index contributed by atoms with van der Waals surface area (Å²) in [6.45, 7) is 7.58. The standard InChI is InChI=1S/C14H22N2O/c1-10-7-11(2)13(12(3)8-10)5-6-16(4)9-14(15)17/h7-8H,5-6,9H2,1-4H3,(H2,15,17). The molecule has 0 radical (unpaired) electrons. The van der Waals surface area contributed by atoms with Crippen molar-refractivity contribution >= 4 is 5.91 Å². The van der Waals surface area contributed by atoms with Gasteiger partial charge in [0.1, 0.15) is 0 Å². The molecule has 1 aromatic carbocycles. The molecule has 94 valence electrons. The van der Waals surface area contributed by atoms with Crippen molar-refractivity contribution in [3.05, 3.63) is 34.4 Å². The molecule has 17 heavy (non-hydrogen) atoms. The maximum atomic E-state index is 10.8. The molecule has 1 aromatic rings. The Balaban J connectivity index is 2.66. The van der Waals surface area contributed by atoms with E-state index >= 15 is 0 Å². The van der Waals surface area contributed by atoms with Gasteiger partial charge in [-0.2, -0.15) is 0 Å². The second kappa shape index (κ2) is 5.82. The van der Waals surface area contributed by atoms with Gasteiger partial charge in [-0.1, -0.05) is 17.7 Å². The van der Waals surface area contributed by atoms with Crippen LogP contribution < -0.4 is 5.73 Å². The summed E-state index contributed by atoms with van der Waals surface area (Å²) in [7, 11) is 1.92. The Morgan fingerprint density at radius 2 is 1.76 bits per heavy atom. The van der Waals surface area contributed by atoms with Gasteiger partial charge in [0.25, 0.3) is 0 Å². The Morgan fingerprint density at radius 3 is 2.24 bits per heavy atom. The molecule has 0 fully saturated rings. The minimum absolute atomic E-state index is 0.273. The summed E-state index contributed by atoms with van der Waals surface area (Å²) in [5.41, 5.74) is 10.5. The molecule has 0 atom stereocenters. The molecule has 0 bridgehead atoms. The molecule has 3 nitrogen and oxygen atoms in total. The van der Waals surface area contributed by atoms with Gasteiger partial charge >= 0.3 is 0 Å². The van der Waals surface area contributed by atoms with Crippen LogP contribution in [0.25, 0.3) is 0 Å². The fourth-order valence-corrected chi connectivity index (χ4v) is 2.25. The minimum Gasteiger partial charge on any atom is -0.369 e. The highest BCUT2D eigenvalue weighted by Gasteiger charge is 2.07. The molecular weight excluding hydrogens is 212 g/mol. The monoisotopic (exact) mass is 234 g/mol. The van der Waals surface area contributed by atoms with Crippen LogP contribution in [0.15, 0.2) is 12.1 Å². The third-order valence-electron chi connectivity index (χ3n) is 3.01. The van der Waals surface area contributed by atoms with Crippen molar-refractivity contribution in [2.75, 3.05) is 20.1 Å². The van der Waals surface area contributed by atoms with Crippen molar-refractivity contribution in [1.82, 2.24) is 4.90 Å². The highest BCUT2D eigenvalue weighted by molar-refractivity contribution is 5.75. The zero-order chi connectivity index (χ0) is 13.0. The third kappa shape index (κ3) is 4.19. The number of rotatable bonds is 5. The fourth-order valence-electron chi connectivity index (χ4n) is 2.25. The van der Waals surface area contributed by atoms with Gasteiger partial charge in [0.15, 0.2) is 0 Å². The summed E-state index contributed by atoms with van der Waals surface area (Å²) >= 11 is 0. The maximum Gasteiger partial charge on any atom is 0.231 e. The van der Waals surface area contributed by atoms with E-state index in [1.165, 1.54) is 22.3 Å². The van der Waals surface area contributed by atoms with Crippen molar-refractivity contribution in [1.29, 1.82) is 0 Å². The summed E-state index contributed by atoms with van der Waals surface area (Å²) in [6.07, 6.45) is 0.960. The van der Waals surface area contributed by atoms with Crippen molar-refractivity contribution < 1.29 is 4.79 Å². The molecule has 1 amide bonds. The van der Waals surface area contributed by atoms with Crippen LogP contribution in [0, 0.1) is 20.8 Å². The van der Waals surface area contributed by atoms with E-state index in [0.717, 1.165) is 13.0 Å². The average Bonchev–Trinajstić information content (AvgIpc) is 2.14. The third-order valence-corrected chi connectivity index (χ3v) is 3.01. The topological polar surface area (TPSA) is 46.3 Å². The highest BCUT2D eigenvalue weighted by Crippen LogP contribution is 2.17. The lowest BCUT2D eigenvalue weighted by molar-refractivity contribution is -0.118. The maximum absolute atomic E-state index is 10.8. The van der Waals surface area contributed by atoms with Gasteiger partial charge in [-0.25, -0.2) is 0 Å². The predicted octanol–water partition coefficient (Wildman–Crippen LogP) is 1.57. The zero-order valence-corrected chi connectivity index (χ0v) is 11.2. The molecule has 0 aliphatic carbocycles. The van der Waals surface area contributed by atoms with E-state index in [9.17, 15) is 4.79 Å². The van der Waals surface area contributed by atoms with E-state index in [1.807, 2.05) is 11.9 Å². The van der Waals surface area contributed by atoms with Crippen LogP contribution in [0.3, 0.4) is 0 Å². The Bertz CT molecular complexity index is 390. The lowest BCUT2D eigenvalue weighted by atomic mass is 9.97. The van der Waals surface area contributed by atoms with E-state index in [4.69, 9.17) is 5.73 Å². The number of carbonyl (C=O) groups excluding carboxylic acids is 1. The number of amides is 1. The molecule has 0 saturated carbocycles. The van der Waals surface area contributed by atoms with Gasteiger partial charge in [-0.3, -0.25) is 9.69 Å². The summed E-state index contributed by atoms with van der Waals surface area (Å²) in [4.78, 5) is 12.7. The Morgan fingerprint density at radius 1 is 1.24 bits per heavy atom. The lowest BCUT2D eigenvalue weighted by Crippen LogP contribution is -2.32. The van der Waals surface area contributed by atoms with Gasteiger partial charge in [-0.05, 0) is 50.9 Å². The molecule has 3 heteroatoms. The average molecular weight is 234 g/mol. The SMILES string of the molecule is Cc1cc(C)c(CCN(C)CC(N)=O)c(C)c1. The second-order valence-electron chi connectivity index (χ2n) is 4.83. The smallest absolute Gasteiger partial charge is 0.231 e. The Labute approximate surface area is 104 Å². The van der Waals surface area contributed by atoms with Gasteiger partial charge in [0.05, 0.1) is 6.54 Å². The van der Waals surface area contributed by atoms with Gasteiger partial charge < -0.3 is 5.73 Å². The Kier molecular flexibility index (Phi) is 4.70. The first-order chi connectivity index (χ1) is 7.90. The summed E-state index contributed by atoms with van der Waals surface area (Å²) in [5, 5.41) is 0. The van der Waals surface area contributed by atoms with Crippen molar-refractivity contribution in [3.8, 4) is 0 Å². The molecule has 0 heterocycles. The van der Waals surface area contributed by atoms with Gasteiger partial charge in [-0.15, -0.1) is 0 Å². The summed E-state index contributed by atoms with van der Waals surface area (Å²) in [5.74, 6) is -0.273. The number of aryl methyl sites for hydroxylation is 3. The molecule has 2 N–H and O–H groups in total.